The summed E-state index contributed by atoms with van der Waals surface area (Å²) in [5.41, 5.74) is 2.73. The Labute approximate surface area is 121 Å². The fraction of sp³-hybridized carbons (Fsp3) is 0.267. The minimum atomic E-state index is 0.0133. The molecule has 2 rings (SSSR count). The van der Waals surface area contributed by atoms with Crippen LogP contribution in [-0.4, -0.2) is 17.9 Å². The van der Waals surface area contributed by atoms with Crippen LogP contribution in [0.15, 0.2) is 39.4 Å². The molecule has 2 aromatic rings. The van der Waals surface area contributed by atoms with Crippen LogP contribution in [0.1, 0.15) is 27.2 Å². The average molecular weight is 322 g/mol. The van der Waals surface area contributed by atoms with Crippen molar-refractivity contribution in [2.45, 2.75) is 20.4 Å². The zero-order valence-corrected chi connectivity index (χ0v) is 12.8. The van der Waals surface area contributed by atoms with Gasteiger partial charge in [-0.2, -0.15) is 0 Å². The third kappa shape index (κ3) is 3.07. The van der Waals surface area contributed by atoms with Gasteiger partial charge in [-0.3, -0.25) is 4.79 Å². The van der Waals surface area contributed by atoms with Gasteiger partial charge >= 0.3 is 0 Å². The Morgan fingerprint density at radius 3 is 2.68 bits per heavy atom. The largest absolute Gasteiger partial charge is 0.469 e. The monoisotopic (exact) mass is 321 g/mol. The number of nitrogens with zero attached hydrogens (tertiary/aromatic N) is 1. The molecule has 19 heavy (non-hydrogen) atoms. The summed E-state index contributed by atoms with van der Waals surface area (Å²) in [6.07, 6.45) is 1.65. The molecule has 3 nitrogen and oxygen atoms in total. The van der Waals surface area contributed by atoms with Crippen LogP contribution in [-0.2, 0) is 6.54 Å². The summed E-state index contributed by atoms with van der Waals surface area (Å²) in [6, 6.07) is 7.63. The SMILES string of the molecule is Cc1ccc(Br)cc1C(=O)N(C)Cc1ccoc1C. The zero-order chi connectivity index (χ0) is 14.0. The van der Waals surface area contributed by atoms with Gasteiger partial charge < -0.3 is 9.32 Å². The molecule has 0 aliphatic rings. The van der Waals surface area contributed by atoms with E-state index in [0.29, 0.717) is 6.54 Å². The van der Waals surface area contributed by atoms with Crippen molar-refractivity contribution >= 4 is 21.8 Å². The van der Waals surface area contributed by atoms with Crippen LogP contribution in [0.25, 0.3) is 0 Å². The van der Waals surface area contributed by atoms with Gasteiger partial charge in [-0.1, -0.05) is 22.0 Å². The van der Waals surface area contributed by atoms with E-state index >= 15 is 0 Å². The fourth-order valence-electron chi connectivity index (χ4n) is 1.93. The second-order valence-electron chi connectivity index (χ2n) is 4.62. The standard InChI is InChI=1S/C15H16BrNO2/c1-10-4-5-13(16)8-14(10)15(18)17(3)9-12-6-7-19-11(12)2/h4-8H,9H2,1-3H3. The molecule has 1 aromatic carbocycles. The molecule has 0 N–H and O–H groups in total. The summed E-state index contributed by atoms with van der Waals surface area (Å²) in [4.78, 5) is 14.1. The maximum Gasteiger partial charge on any atom is 0.254 e. The van der Waals surface area contributed by atoms with E-state index < -0.39 is 0 Å². The van der Waals surface area contributed by atoms with E-state index in [9.17, 15) is 4.79 Å². The minimum Gasteiger partial charge on any atom is -0.469 e. The lowest BCUT2D eigenvalue weighted by Gasteiger charge is -2.18. The molecule has 0 aliphatic carbocycles. The highest BCUT2D eigenvalue weighted by molar-refractivity contribution is 9.10. The number of carbonyl (C=O) groups is 1. The van der Waals surface area contributed by atoms with Crippen molar-refractivity contribution < 1.29 is 9.21 Å². The Kier molecular flexibility index (Phi) is 4.10. The van der Waals surface area contributed by atoms with Gasteiger partial charge in [0.15, 0.2) is 0 Å². The average Bonchev–Trinajstić information content (AvgIpc) is 2.77. The first kappa shape index (κ1) is 13.9. The van der Waals surface area contributed by atoms with Crippen LogP contribution in [0.3, 0.4) is 0 Å². The van der Waals surface area contributed by atoms with Gasteiger partial charge in [0, 0.05) is 29.2 Å². The normalized spacial score (nSPS) is 10.5. The Morgan fingerprint density at radius 2 is 2.05 bits per heavy atom. The lowest BCUT2D eigenvalue weighted by molar-refractivity contribution is 0.0784. The number of carbonyl (C=O) groups excluding carboxylic acids is 1. The Morgan fingerprint density at radius 1 is 1.32 bits per heavy atom. The molecule has 0 saturated heterocycles. The lowest BCUT2D eigenvalue weighted by atomic mass is 10.1. The number of amides is 1. The van der Waals surface area contributed by atoms with Crippen molar-refractivity contribution in [2.75, 3.05) is 7.05 Å². The fourth-order valence-corrected chi connectivity index (χ4v) is 2.29. The van der Waals surface area contributed by atoms with Gasteiger partial charge in [0.2, 0.25) is 0 Å². The van der Waals surface area contributed by atoms with E-state index in [1.807, 2.05) is 38.1 Å². The molecule has 1 amide bonds. The first-order valence-electron chi connectivity index (χ1n) is 6.03. The second kappa shape index (κ2) is 5.61. The van der Waals surface area contributed by atoms with Crippen molar-refractivity contribution in [1.29, 1.82) is 0 Å². The number of hydrogen-bond acceptors (Lipinski definition) is 2. The molecule has 0 radical (unpaired) electrons. The molecule has 0 bridgehead atoms. The zero-order valence-electron chi connectivity index (χ0n) is 11.2. The number of halogens is 1. The summed E-state index contributed by atoms with van der Waals surface area (Å²) < 4.78 is 6.16. The predicted molar refractivity (Wildman–Crippen MR) is 78.1 cm³/mol. The van der Waals surface area contributed by atoms with Crippen LogP contribution in [0.2, 0.25) is 0 Å². The summed E-state index contributed by atoms with van der Waals surface area (Å²) >= 11 is 3.40. The van der Waals surface area contributed by atoms with E-state index in [2.05, 4.69) is 15.9 Å². The number of furan rings is 1. The third-order valence-corrected chi connectivity index (χ3v) is 3.64. The molecule has 1 aromatic heterocycles. The number of rotatable bonds is 3. The summed E-state index contributed by atoms with van der Waals surface area (Å²) in [5.74, 6) is 0.866. The van der Waals surface area contributed by atoms with Gasteiger partial charge in [0.25, 0.3) is 5.91 Å². The van der Waals surface area contributed by atoms with Crippen molar-refractivity contribution in [3.05, 3.63) is 57.5 Å². The van der Waals surface area contributed by atoms with Gasteiger partial charge in [0.1, 0.15) is 5.76 Å². The molecule has 0 spiro atoms. The molecule has 100 valence electrons. The van der Waals surface area contributed by atoms with E-state index in [1.165, 1.54) is 0 Å². The Bertz CT molecular complexity index is 604. The minimum absolute atomic E-state index is 0.0133. The van der Waals surface area contributed by atoms with E-state index in [1.54, 1.807) is 18.2 Å². The highest BCUT2D eigenvalue weighted by atomic mass is 79.9. The highest BCUT2D eigenvalue weighted by Gasteiger charge is 2.16. The molecule has 0 unspecified atom stereocenters. The number of aryl methyl sites for hydroxylation is 2. The van der Waals surface area contributed by atoms with Crippen LogP contribution < -0.4 is 0 Å². The molecule has 0 atom stereocenters. The van der Waals surface area contributed by atoms with Crippen LogP contribution in [0.4, 0.5) is 0 Å². The molecular weight excluding hydrogens is 306 g/mol. The molecule has 4 heteroatoms. The molecule has 0 aliphatic heterocycles. The van der Waals surface area contributed by atoms with Crippen LogP contribution >= 0.6 is 15.9 Å². The maximum atomic E-state index is 12.4. The van der Waals surface area contributed by atoms with Crippen molar-refractivity contribution in [1.82, 2.24) is 4.90 Å². The lowest BCUT2D eigenvalue weighted by Crippen LogP contribution is -2.27. The van der Waals surface area contributed by atoms with E-state index in [0.717, 1.165) is 26.9 Å². The summed E-state index contributed by atoms with van der Waals surface area (Å²) in [7, 11) is 1.80. The van der Waals surface area contributed by atoms with Crippen LogP contribution in [0, 0.1) is 13.8 Å². The predicted octanol–water partition coefficient (Wildman–Crippen LogP) is 3.93. The topological polar surface area (TPSA) is 33.5 Å². The highest BCUT2D eigenvalue weighted by Crippen LogP contribution is 2.19. The van der Waals surface area contributed by atoms with Gasteiger partial charge in [0.05, 0.1) is 6.26 Å². The number of hydrogen-bond donors (Lipinski definition) is 0. The molecule has 1 heterocycles. The first-order chi connectivity index (χ1) is 8.99. The quantitative estimate of drug-likeness (QED) is 0.858. The Balaban J connectivity index is 2.19. The third-order valence-electron chi connectivity index (χ3n) is 3.15. The molecular formula is C15H16BrNO2. The van der Waals surface area contributed by atoms with Gasteiger partial charge in [-0.05, 0) is 37.6 Å². The molecule has 0 saturated carbocycles. The van der Waals surface area contributed by atoms with Crippen LogP contribution in [0.5, 0.6) is 0 Å². The first-order valence-corrected chi connectivity index (χ1v) is 6.83. The molecule has 0 fully saturated rings. The van der Waals surface area contributed by atoms with Crippen molar-refractivity contribution in [2.24, 2.45) is 0 Å². The second-order valence-corrected chi connectivity index (χ2v) is 5.54. The van der Waals surface area contributed by atoms with E-state index in [4.69, 9.17) is 4.42 Å². The maximum absolute atomic E-state index is 12.4. The summed E-state index contributed by atoms with van der Waals surface area (Å²) in [6.45, 7) is 4.39. The van der Waals surface area contributed by atoms with Crippen molar-refractivity contribution in [3.63, 3.8) is 0 Å². The Hall–Kier alpha value is -1.55. The summed E-state index contributed by atoms with van der Waals surface area (Å²) in [5, 5.41) is 0. The van der Waals surface area contributed by atoms with E-state index in [-0.39, 0.29) is 5.91 Å². The number of benzene rings is 1. The van der Waals surface area contributed by atoms with Gasteiger partial charge in [-0.15, -0.1) is 0 Å². The van der Waals surface area contributed by atoms with Crippen molar-refractivity contribution in [3.8, 4) is 0 Å². The van der Waals surface area contributed by atoms with Gasteiger partial charge in [-0.25, -0.2) is 0 Å². The smallest absolute Gasteiger partial charge is 0.254 e.